The maximum Gasteiger partial charge on any atom is 0.261 e. The van der Waals surface area contributed by atoms with Gasteiger partial charge in [-0.2, -0.15) is 0 Å². The molecular weight excluding hydrogens is 340 g/mol. The van der Waals surface area contributed by atoms with Crippen LogP contribution in [0.2, 0.25) is 0 Å². The number of aryl methyl sites for hydroxylation is 2. The quantitative estimate of drug-likeness (QED) is 0.726. The number of anilines is 1. The molecule has 0 radical (unpaired) electrons. The Kier molecular flexibility index (Phi) is 4.00. The summed E-state index contributed by atoms with van der Waals surface area (Å²) in [4.78, 5) is 39.2. The molecule has 0 saturated carbocycles. The van der Waals surface area contributed by atoms with Crippen molar-refractivity contribution >= 4 is 34.2 Å². The zero-order valence-corrected chi connectivity index (χ0v) is 15.1. The third kappa shape index (κ3) is 2.87. The Labute approximate surface area is 156 Å². The molecule has 5 nitrogen and oxygen atoms in total. The lowest BCUT2D eigenvalue weighted by atomic mass is 9.94. The zero-order chi connectivity index (χ0) is 19.1. The molecule has 0 fully saturated rings. The molecule has 0 aromatic heterocycles. The highest BCUT2D eigenvalue weighted by atomic mass is 16.2. The summed E-state index contributed by atoms with van der Waals surface area (Å²) in [6.07, 6.45) is 0. The lowest BCUT2D eigenvalue weighted by Gasteiger charge is -2.26. The first-order valence-corrected chi connectivity index (χ1v) is 8.71. The van der Waals surface area contributed by atoms with Crippen molar-refractivity contribution in [2.75, 3.05) is 11.9 Å². The first-order valence-electron chi connectivity index (χ1n) is 8.71. The second-order valence-electron chi connectivity index (χ2n) is 6.77. The van der Waals surface area contributed by atoms with Crippen molar-refractivity contribution in [3.8, 4) is 0 Å². The van der Waals surface area contributed by atoms with Crippen LogP contribution in [0.3, 0.4) is 0 Å². The molecule has 1 heterocycles. The summed E-state index contributed by atoms with van der Waals surface area (Å²) in [5.74, 6) is -1.29. The standard InChI is InChI=1S/C22H18N2O3/c1-13-9-10-14(2)18(11-13)23-19(25)12-24-21(26)16-7-3-5-15-6-4-8-17(20(15)16)22(24)27/h3-11H,12H2,1-2H3,(H,23,25). The molecule has 0 aliphatic carbocycles. The summed E-state index contributed by atoms with van der Waals surface area (Å²) >= 11 is 0. The van der Waals surface area contributed by atoms with Gasteiger partial charge in [-0.3, -0.25) is 19.3 Å². The van der Waals surface area contributed by atoms with E-state index in [1.807, 2.05) is 44.2 Å². The van der Waals surface area contributed by atoms with Gasteiger partial charge in [0.2, 0.25) is 5.91 Å². The van der Waals surface area contributed by atoms with E-state index in [4.69, 9.17) is 0 Å². The molecule has 3 amide bonds. The SMILES string of the molecule is Cc1ccc(C)c(NC(=O)CN2C(=O)c3cccc4cccc(c34)C2=O)c1. The summed E-state index contributed by atoms with van der Waals surface area (Å²) in [5, 5.41) is 4.30. The summed E-state index contributed by atoms with van der Waals surface area (Å²) in [6.45, 7) is 3.50. The predicted octanol–water partition coefficient (Wildman–Crippen LogP) is 3.69. The number of benzene rings is 3. The van der Waals surface area contributed by atoms with Gasteiger partial charge in [0.25, 0.3) is 11.8 Å². The van der Waals surface area contributed by atoms with E-state index in [-0.39, 0.29) is 6.54 Å². The fourth-order valence-corrected chi connectivity index (χ4v) is 3.43. The van der Waals surface area contributed by atoms with E-state index in [1.54, 1.807) is 24.3 Å². The first kappa shape index (κ1) is 17.0. The number of carbonyl (C=O) groups excluding carboxylic acids is 3. The molecule has 1 aliphatic heterocycles. The van der Waals surface area contributed by atoms with Gasteiger partial charge in [0, 0.05) is 22.2 Å². The molecular formula is C22H18N2O3. The molecule has 1 aliphatic rings. The molecule has 0 spiro atoms. The maximum absolute atomic E-state index is 12.8. The van der Waals surface area contributed by atoms with Crippen molar-refractivity contribution in [3.05, 3.63) is 76.9 Å². The van der Waals surface area contributed by atoms with Crippen LogP contribution < -0.4 is 5.32 Å². The molecule has 5 heteroatoms. The third-order valence-corrected chi connectivity index (χ3v) is 4.82. The van der Waals surface area contributed by atoms with Gasteiger partial charge >= 0.3 is 0 Å². The van der Waals surface area contributed by atoms with Crippen molar-refractivity contribution in [2.45, 2.75) is 13.8 Å². The van der Waals surface area contributed by atoms with Crippen LogP contribution in [0.4, 0.5) is 5.69 Å². The van der Waals surface area contributed by atoms with Crippen molar-refractivity contribution in [1.82, 2.24) is 4.90 Å². The molecule has 1 N–H and O–H groups in total. The number of hydrogen-bond acceptors (Lipinski definition) is 3. The van der Waals surface area contributed by atoms with Gasteiger partial charge < -0.3 is 5.32 Å². The molecule has 134 valence electrons. The van der Waals surface area contributed by atoms with Gasteiger partial charge in [-0.25, -0.2) is 0 Å². The van der Waals surface area contributed by atoms with Crippen LogP contribution in [0.1, 0.15) is 31.8 Å². The maximum atomic E-state index is 12.8. The molecule has 0 bridgehead atoms. The molecule has 0 atom stereocenters. The van der Waals surface area contributed by atoms with E-state index in [1.165, 1.54) is 0 Å². The second-order valence-corrected chi connectivity index (χ2v) is 6.77. The van der Waals surface area contributed by atoms with E-state index >= 15 is 0 Å². The van der Waals surface area contributed by atoms with Crippen LogP contribution in [0.25, 0.3) is 10.8 Å². The van der Waals surface area contributed by atoms with E-state index in [0.717, 1.165) is 21.4 Å². The average molecular weight is 358 g/mol. The van der Waals surface area contributed by atoms with Crippen molar-refractivity contribution in [3.63, 3.8) is 0 Å². The van der Waals surface area contributed by atoms with Crippen LogP contribution in [-0.2, 0) is 4.79 Å². The number of nitrogens with zero attached hydrogens (tertiary/aromatic N) is 1. The summed E-state index contributed by atoms with van der Waals surface area (Å²) < 4.78 is 0. The largest absolute Gasteiger partial charge is 0.324 e. The van der Waals surface area contributed by atoms with Crippen LogP contribution in [0.15, 0.2) is 54.6 Å². The minimum atomic E-state index is -0.444. The van der Waals surface area contributed by atoms with Crippen molar-refractivity contribution in [2.24, 2.45) is 0 Å². The highest BCUT2D eigenvalue weighted by Gasteiger charge is 2.33. The van der Waals surface area contributed by atoms with E-state index in [9.17, 15) is 14.4 Å². The van der Waals surface area contributed by atoms with Crippen LogP contribution in [0, 0.1) is 13.8 Å². The predicted molar refractivity (Wildman–Crippen MR) is 104 cm³/mol. The number of rotatable bonds is 3. The number of carbonyl (C=O) groups is 3. The highest BCUT2D eigenvalue weighted by Crippen LogP contribution is 2.29. The van der Waals surface area contributed by atoms with Crippen molar-refractivity contribution < 1.29 is 14.4 Å². The monoisotopic (exact) mass is 358 g/mol. The fraction of sp³-hybridized carbons (Fsp3) is 0.136. The van der Waals surface area contributed by atoms with Gasteiger partial charge in [0.05, 0.1) is 0 Å². The minimum absolute atomic E-state index is 0.324. The Hall–Kier alpha value is -3.47. The normalized spacial score (nSPS) is 13.2. The highest BCUT2D eigenvalue weighted by molar-refractivity contribution is 6.26. The topological polar surface area (TPSA) is 66.5 Å². The molecule has 4 rings (SSSR count). The fourth-order valence-electron chi connectivity index (χ4n) is 3.43. The van der Waals surface area contributed by atoms with Crippen LogP contribution in [-0.4, -0.2) is 29.2 Å². The Balaban J connectivity index is 1.63. The van der Waals surface area contributed by atoms with Gasteiger partial charge in [-0.05, 0) is 48.6 Å². The Bertz CT molecular complexity index is 1070. The number of amides is 3. The van der Waals surface area contributed by atoms with E-state index < -0.39 is 17.7 Å². The summed E-state index contributed by atoms with van der Waals surface area (Å²) in [5.41, 5.74) is 3.51. The zero-order valence-electron chi connectivity index (χ0n) is 15.1. The second kappa shape index (κ2) is 6.36. The smallest absolute Gasteiger partial charge is 0.261 e. The Morgan fingerprint density at radius 2 is 1.56 bits per heavy atom. The lowest BCUT2D eigenvalue weighted by Crippen LogP contribution is -2.44. The average Bonchev–Trinajstić information content (AvgIpc) is 2.66. The van der Waals surface area contributed by atoms with E-state index in [0.29, 0.717) is 22.2 Å². The first-order chi connectivity index (χ1) is 13.0. The Morgan fingerprint density at radius 1 is 0.926 bits per heavy atom. The number of hydrogen-bond donors (Lipinski definition) is 1. The van der Waals surface area contributed by atoms with Gasteiger partial charge in [0.1, 0.15) is 6.54 Å². The Morgan fingerprint density at radius 3 is 2.19 bits per heavy atom. The van der Waals surface area contributed by atoms with E-state index in [2.05, 4.69) is 5.32 Å². The number of nitrogens with one attached hydrogen (secondary N) is 1. The number of imide groups is 1. The molecule has 0 unspecified atom stereocenters. The van der Waals surface area contributed by atoms with Crippen LogP contribution >= 0.6 is 0 Å². The molecule has 3 aromatic rings. The summed E-state index contributed by atoms with van der Waals surface area (Å²) in [7, 11) is 0. The van der Waals surface area contributed by atoms with Gasteiger partial charge in [0.15, 0.2) is 0 Å². The van der Waals surface area contributed by atoms with Gasteiger partial charge in [-0.15, -0.1) is 0 Å². The van der Waals surface area contributed by atoms with Crippen molar-refractivity contribution in [1.29, 1.82) is 0 Å². The summed E-state index contributed by atoms with van der Waals surface area (Å²) in [6, 6.07) is 16.4. The molecule has 3 aromatic carbocycles. The third-order valence-electron chi connectivity index (χ3n) is 4.82. The lowest BCUT2D eigenvalue weighted by molar-refractivity contribution is -0.116. The van der Waals surface area contributed by atoms with Gasteiger partial charge in [-0.1, -0.05) is 36.4 Å². The molecule has 27 heavy (non-hydrogen) atoms. The molecule has 0 saturated heterocycles. The van der Waals surface area contributed by atoms with Crippen LogP contribution in [0.5, 0.6) is 0 Å². The minimum Gasteiger partial charge on any atom is -0.324 e.